The molecule has 0 spiro atoms. The lowest BCUT2D eigenvalue weighted by atomic mass is 10.2. The zero-order chi connectivity index (χ0) is 14.5. The van der Waals surface area contributed by atoms with Gasteiger partial charge in [-0.05, 0) is 5.92 Å². The highest BCUT2D eigenvalue weighted by Gasteiger charge is 2.04. The molecule has 0 saturated carbocycles. The summed E-state index contributed by atoms with van der Waals surface area (Å²) in [7, 11) is 0. The fourth-order valence-electron chi connectivity index (χ4n) is 1.62. The van der Waals surface area contributed by atoms with Crippen LogP contribution in [-0.4, -0.2) is 38.6 Å². The summed E-state index contributed by atoms with van der Waals surface area (Å²) >= 11 is 0. The van der Waals surface area contributed by atoms with Crippen molar-refractivity contribution in [3.05, 3.63) is 22.9 Å². The van der Waals surface area contributed by atoms with Gasteiger partial charge in [-0.3, -0.25) is 4.79 Å². The van der Waals surface area contributed by atoms with E-state index in [1.807, 2.05) is 13.8 Å². The van der Waals surface area contributed by atoms with E-state index in [-0.39, 0.29) is 11.6 Å². The number of amides is 1. The summed E-state index contributed by atoms with van der Waals surface area (Å²) in [5.74, 6) is 1.02. The Labute approximate surface area is 115 Å². The zero-order valence-electron chi connectivity index (χ0n) is 11.5. The van der Waals surface area contributed by atoms with E-state index >= 15 is 0 Å². The Kier molecular flexibility index (Phi) is 4.34. The zero-order valence-corrected chi connectivity index (χ0v) is 11.5. The van der Waals surface area contributed by atoms with Crippen LogP contribution in [0.4, 0.5) is 5.82 Å². The lowest BCUT2D eigenvalue weighted by Gasteiger charge is -2.08. The molecule has 3 N–H and O–H groups in total. The highest BCUT2D eigenvalue weighted by molar-refractivity contribution is 5.76. The Balaban J connectivity index is 1.83. The van der Waals surface area contributed by atoms with E-state index in [1.54, 1.807) is 6.07 Å². The van der Waals surface area contributed by atoms with Gasteiger partial charge in [0, 0.05) is 25.6 Å². The van der Waals surface area contributed by atoms with Gasteiger partial charge in [0.05, 0.1) is 0 Å². The van der Waals surface area contributed by atoms with E-state index in [4.69, 9.17) is 0 Å². The number of rotatable bonds is 6. The summed E-state index contributed by atoms with van der Waals surface area (Å²) in [6, 6.07) is 1.64. The maximum absolute atomic E-state index is 11.5. The van der Waals surface area contributed by atoms with Crippen LogP contribution in [0.3, 0.4) is 0 Å². The highest BCUT2D eigenvalue weighted by Crippen LogP contribution is 2.04. The Morgan fingerprint density at radius 3 is 3.05 bits per heavy atom. The predicted octanol–water partition coefficient (Wildman–Crippen LogP) is -0.00820. The van der Waals surface area contributed by atoms with Gasteiger partial charge in [0.2, 0.25) is 5.91 Å². The maximum atomic E-state index is 11.5. The molecule has 8 nitrogen and oxygen atoms in total. The normalized spacial score (nSPS) is 10.9. The summed E-state index contributed by atoms with van der Waals surface area (Å²) in [5, 5.41) is 12.0. The van der Waals surface area contributed by atoms with E-state index in [0.29, 0.717) is 36.9 Å². The third-order valence-corrected chi connectivity index (χ3v) is 2.68. The molecule has 0 bridgehead atoms. The Morgan fingerprint density at radius 2 is 2.30 bits per heavy atom. The topological polar surface area (TPSA) is 104 Å². The van der Waals surface area contributed by atoms with Crippen LogP contribution in [0.5, 0.6) is 0 Å². The number of hydrogen-bond acceptors (Lipinski definition) is 5. The molecule has 0 aliphatic carbocycles. The van der Waals surface area contributed by atoms with Crippen LogP contribution in [0.25, 0.3) is 5.65 Å². The van der Waals surface area contributed by atoms with Crippen LogP contribution in [-0.2, 0) is 4.79 Å². The number of nitrogens with zero attached hydrogens (tertiary/aromatic N) is 3. The van der Waals surface area contributed by atoms with Crippen molar-refractivity contribution in [3.63, 3.8) is 0 Å². The molecule has 2 rings (SSSR count). The average molecular weight is 278 g/mol. The first-order valence-electron chi connectivity index (χ1n) is 6.49. The molecule has 0 aromatic carbocycles. The van der Waals surface area contributed by atoms with Crippen LogP contribution in [0.1, 0.15) is 20.3 Å². The fraction of sp³-hybridized carbons (Fsp3) is 0.500. The second-order valence-corrected chi connectivity index (χ2v) is 4.91. The minimum atomic E-state index is -0.327. The van der Waals surface area contributed by atoms with Crippen LogP contribution in [0.2, 0.25) is 0 Å². The van der Waals surface area contributed by atoms with Crippen molar-refractivity contribution in [3.8, 4) is 0 Å². The summed E-state index contributed by atoms with van der Waals surface area (Å²) in [4.78, 5) is 26.8. The van der Waals surface area contributed by atoms with Crippen LogP contribution >= 0.6 is 0 Å². The second kappa shape index (κ2) is 6.18. The predicted molar refractivity (Wildman–Crippen MR) is 74.6 cm³/mol. The summed E-state index contributed by atoms with van der Waals surface area (Å²) in [5.41, 5.74) is 0.156. The van der Waals surface area contributed by atoms with Crippen molar-refractivity contribution in [2.24, 2.45) is 5.92 Å². The van der Waals surface area contributed by atoms with Gasteiger partial charge in [0.15, 0.2) is 5.65 Å². The molecule has 2 heterocycles. The minimum Gasteiger partial charge on any atom is -0.369 e. The second-order valence-electron chi connectivity index (χ2n) is 4.91. The highest BCUT2D eigenvalue weighted by atomic mass is 16.2. The lowest BCUT2D eigenvalue weighted by molar-refractivity contribution is -0.120. The average Bonchev–Trinajstić information content (AvgIpc) is 2.78. The van der Waals surface area contributed by atoms with E-state index in [1.165, 1.54) is 10.7 Å². The Hall–Kier alpha value is -2.38. The van der Waals surface area contributed by atoms with Crippen molar-refractivity contribution in [1.82, 2.24) is 24.9 Å². The minimum absolute atomic E-state index is 0.00302. The van der Waals surface area contributed by atoms with E-state index in [0.717, 1.165) is 0 Å². The first-order valence-corrected chi connectivity index (χ1v) is 6.49. The van der Waals surface area contributed by atoms with E-state index in [2.05, 4.69) is 25.8 Å². The quantitative estimate of drug-likeness (QED) is 0.689. The molecule has 108 valence electrons. The Bertz CT molecular complexity index is 645. The van der Waals surface area contributed by atoms with Gasteiger partial charge < -0.3 is 10.6 Å². The molecule has 0 radical (unpaired) electrons. The molecule has 2 aromatic heterocycles. The molecule has 0 fully saturated rings. The van der Waals surface area contributed by atoms with Gasteiger partial charge in [0.25, 0.3) is 0 Å². The molecule has 0 atom stereocenters. The van der Waals surface area contributed by atoms with Gasteiger partial charge in [0.1, 0.15) is 12.1 Å². The largest absolute Gasteiger partial charge is 0.369 e. The summed E-state index contributed by atoms with van der Waals surface area (Å²) in [6.07, 6.45) is 1.76. The molecule has 2 aromatic rings. The number of aromatic amines is 1. The lowest BCUT2D eigenvalue weighted by Crippen LogP contribution is -2.28. The molecular weight excluding hydrogens is 260 g/mol. The van der Waals surface area contributed by atoms with Gasteiger partial charge in [-0.25, -0.2) is 19.3 Å². The molecule has 0 unspecified atom stereocenters. The van der Waals surface area contributed by atoms with Gasteiger partial charge in [-0.1, -0.05) is 13.8 Å². The van der Waals surface area contributed by atoms with Crippen molar-refractivity contribution < 1.29 is 4.79 Å². The SMILES string of the molecule is CC(C)CNC(=O)CCNc1cc2n[nH]c(=O)n2cn1. The third-order valence-electron chi connectivity index (χ3n) is 2.68. The van der Waals surface area contributed by atoms with Crippen molar-refractivity contribution in [2.75, 3.05) is 18.4 Å². The van der Waals surface area contributed by atoms with Gasteiger partial charge in [-0.15, -0.1) is 0 Å². The molecular formula is C12H18N6O2. The van der Waals surface area contributed by atoms with Crippen molar-refractivity contribution >= 4 is 17.4 Å². The number of nitrogens with one attached hydrogen (secondary N) is 3. The molecule has 8 heteroatoms. The molecule has 1 amide bonds. The number of hydrogen-bond donors (Lipinski definition) is 3. The standard InChI is InChI=1S/C12H18N6O2/c1-8(2)6-14-11(19)3-4-13-9-5-10-16-17-12(20)18(10)7-15-9/h5,7-8,13H,3-4,6H2,1-2H3,(H,14,19)(H,17,20). The van der Waals surface area contributed by atoms with E-state index < -0.39 is 0 Å². The molecule has 0 saturated heterocycles. The van der Waals surface area contributed by atoms with E-state index in [9.17, 15) is 9.59 Å². The number of fused-ring (bicyclic) bond motifs is 1. The Morgan fingerprint density at radius 1 is 1.50 bits per heavy atom. The summed E-state index contributed by atoms with van der Waals surface area (Å²) in [6.45, 7) is 5.24. The van der Waals surface area contributed by atoms with Crippen LogP contribution < -0.4 is 16.3 Å². The number of carbonyl (C=O) groups excluding carboxylic acids is 1. The van der Waals surface area contributed by atoms with Gasteiger partial charge in [-0.2, -0.15) is 5.10 Å². The molecule has 0 aliphatic rings. The number of aromatic nitrogens is 4. The third kappa shape index (κ3) is 3.56. The number of carbonyl (C=O) groups is 1. The first kappa shape index (κ1) is 14.0. The summed E-state index contributed by atoms with van der Waals surface area (Å²) < 4.78 is 1.31. The van der Waals surface area contributed by atoms with Crippen molar-refractivity contribution in [1.29, 1.82) is 0 Å². The van der Waals surface area contributed by atoms with Gasteiger partial charge >= 0.3 is 5.69 Å². The van der Waals surface area contributed by atoms with Crippen LogP contribution in [0.15, 0.2) is 17.2 Å². The molecule has 20 heavy (non-hydrogen) atoms. The molecule has 0 aliphatic heterocycles. The smallest absolute Gasteiger partial charge is 0.348 e. The number of H-pyrrole nitrogens is 1. The van der Waals surface area contributed by atoms with Crippen molar-refractivity contribution in [2.45, 2.75) is 20.3 Å². The number of anilines is 1. The first-order chi connectivity index (χ1) is 9.56. The fourth-order valence-corrected chi connectivity index (χ4v) is 1.62. The monoisotopic (exact) mass is 278 g/mol. The maximum Gasteiger partial charge on any atom is 0.348 e. The van der Waals surface area contributed by atoms with Crippen LogP contribution in [0, 0.1) is 5.92 Å².